The van der Waals surface area contributed by atoms with Crippen LogP contribution < -0.4 is 0 Å². The molecular weight excluding hydrogens is 380 g/mol. The summed E-state index contributed by atoms with van der Waals surface area (Å²) in [5.41, 5.74) is 2.32. The minimum absolute atomic E-state index is 0.0305. The summed E-state index contributed by atoms with van der Waals surface area (Å²) in [7, 11) is 0. The highest BCUT2D eigenvalue weighted by Crippen LogP contribution is 2.33. The molecule has 1 saturated heterocycles. The number of ether oxygens (including phenoxy) is 3. The third-order valence-electron chi connectivity index (χ3n) is 4.76. The molecule has 4 heteroatoms. The standard InChI is InChI=1S/C21H25BrO3/c1-15-16(2)25-21(22)20(24-14-18-11-7-4-8-12-18)19(15)23-13-17-9-5-3-6-10-17/h3-12,15-16,19-21H,13-14H2,1-2H3/t15-,16?,19+,20?,21+/m1/s1. The zero-order valence-corrected chi connectivity index (χ0v) is 16.3. The van der Waals surface area contributed by atoms with Crippen molar-refractivity contribution in [3.05, 3.63) is 71.8 Å². The topological polar surface area (TPSA) is 27.7 Å². The van der Waals surface area contributed by atoms with Gasteiger partial charge in [0.05, 0.1) is 25.4 Å². The molecule has 0 spiro atoms. The van der Waals surface area contributed by atoms with Gasteiger partial charge in [-0.15, -0.1) is 0 Å². The molecule has 2 unspecified atom stereocenters. The van der Waals surface area contributed by atoms with Gasteiger partial charge in [0.1, 0.15) is 11.1 Å². The van der Waals surface area contributed by atoms with E-state index in [1.165, 1.54) is 5.56 Å². The molecule has 1 fully saturated rings. The first kappa shape index (κ1) is 18.6. The molecule has 0 aromatic heterocycles. The lowest BCUT2D eigenvalue weighted by molar-refractivity contribution is -0.202. The lowest BCUT2D eigenvalue weighted by Crippen LogP contribution is -2.52. The summed E-state index contributed by atoms with van der Waals surface area (Å²) in [5.74, 6) is 0.248. The molecule has 0 amide bonds. The van der Waals surface area contributed by atoms with Gasteiger partial charge in [0.15, 0.2) is 0 Å². The molecule has 0 radical (unpaired) electrons. The van der Waals surface area contributed by atoms with E-state index < -0.39 is 0 Å². The van der Waals surface area contributed by atoms with E-state index in [2.05, 4.69) is 54.0 Å². The Bertz CT molecular complexity index is 634. The van der Waals surface area contributed by atoms with E-state index in [0.29, 0.717) is 13.2 Å². The molecule has 1 aliphatic rings. The third-order valence-corrected chi connectivity index (χ3v) is 5.49. The Kier molecular flexibility index (Phi) is 6.65. The zero-order valence-electron chi connectivity index (χ0n) is 14.7. The van der Waals surface area contributed by atoms with E-state index in [1.807, 2.05) is 36.4 Å². The van der Waals surface area contributed by atoms with Crippen molar-refractivity contribution in [2.45, 2.75) is 50.4 Å². The Morgan fingerprint density at radius 2 is 1.28 bits per heavy atom. The summed E-state index contributed by atoms with van der Waals surface area (Å²) < 4.78 is 18.5. The SMILES string of the molecule is CC1O[C@H](Br)C(OCc2ccccc2)[C@@H](OCc2ccccc2)[C@@H]1C. The molecule has 2 aromatic rings. The van der Waals surface area contributed by atoms with Crippen molar-refractivity contribution in [1.82, 2.24) is 0 Å². The maximum absolute atomic E-state index is 6.29. The number of rotatable bonds is 6. The normalized spacial score (nSPS) is 29.5. The Labute approximate surface area is 158 Å². The Hall–Kier alpha value is -1.20. The lowest BCUT2D eigenvalue weighted by atomic mass is 9.92. The molecule has 0 bridgehead atoms. The van der Waals surface area contributed by atoms with E-state index in [0.717, 1.165) is 5.56 Å². The van der Waals surface area contributed by atoms with Crippen molar-refractivity contribution in [2.24, 2.45) is 5.92 Å². The minimum atomic E-state index is -0.178. The Balaban J connectivity index is 1.67. The van der Waals surface area contributed by atoms with E-state index in [1.54, 1.807) is 0 Å². The third kappa shape index (κ3) is 4.91. The first-order valence-electron chi connectivity index (χ1n) is 8.75. The van der Waals surface area contributed by atoms with Crippen molar-refractivity contribution < 1.29 is 14.2 Å². The number of alkyl halides is 1. The van der Waals surface area contributed by atoms with Gasteiger partial charge in [0.2, 0.25) is 0 Å². The number of halogens is 1. The summed E-state index contributed by atoms with van der Waals surface area (Å²) in [5, 5.41) is -0.178. The molecule has 0 N–H and O–H groups in total. The molecule has 0 saturated carbocycles. The van der Waals surface area contributed by atoms with Crippen LogP contribution in [0.25, 0.3) is 0 Å². The van der Waals surface area contributed by atoms with Crippen LogP contribution in [-0.2, 0) is 27.4 Å². The van der Waals surface area contributed by atoms with Gasteiger partial charge >= 0.3 is 0 Å². The van der Waals surface area contributed by atoms with E-state index in [-0.39, 0.29) is 29.2 Å². The number of hydrogen-bond donors (Lipinski definition) is 0. The van der Waals surface area contributed by atoms with E-state index >= 15 is 0 Å². The Morgan fingerprint density at radius 3 is 1.80 bits per heavy atom. The summed E-state index contributed by atoms with van der Waals surface area (Å²) in [6.07, 6.45) is -0.0751. The average Bonchev–Trinajstić information content (AvgIpc) is 2.64. The monoisotopic (exact) mass is 404 g/mol. The first-order chi connectivity index (χ1) is 12.1. The van der Waals surface area contributed by atoms with Crippen LogP contribution in [-0.4, -0.2) is 23.3 Å². The fourth-order valence-electron chi connectivity index (χ4n) is 3.07. The van der Waals surface area contributed by atoms with Crippen LogP contribution in [0, 0.1) is 5.92 Å². The molecule has 3 nitrogen and oxygen atoms in total. The summed E-state index contributed by atoms with van der Waals surface area (Å²) >= 11 is 3.64. The average molecular weight is 405 g/mol. The molecular formula is C21H25BrO3. The second-order valence-corrected chi connectivity index (χ2v) is 7.48. The van der Waals surface area contributed by atoms with Gasteiger partial charge in [-0.05, 0) is 18.1 Å². The van der Waals surface area contributed by atoms with Crippen LogP contribution in [0.1, 0.15) is 25.0 Å². The lowest BCUT2D eigenvalue weighted by Gasteiger charge is -2.42. The van der Waals surface area contributed by atoms with Gasteiger partial charge in [0, 0.05) is 5.92 Å². The summed E-state index contributed by atoms with van der Waals surface area (Å²) in [4.78, 5) is 0. The van der Waals surface area contributed by atoms with Gasteiger partial charge in [0.25, 0.3) is 0 Å². The smallest absolute Gasteiger partial charge is 0.141 e. The molecule has 3 rings (SSSR count). The fourth-order valence-corrected chi connectivity index (χ4v) is 3.87. The summed E-state index contributed by atoms with van der Waals surface area (Å²) in [6.45, 7) is 5.38. The molecule has 2 aromatic carbocycles. The number of benzene rings is 2. The molecule has 5 atom stereocenters. The maximum Gasteiger partial charge on any atom is 0.141 e. The van der Waals surface area contributed by atoms with Crippen LogP contribution >= 0.6 is 15.9 Å². The predicted molar refractivity (Wildman–Crippen MR) is 102 cm³/mol. The van der Waals surface area contributed by atoms with Gasteiger partial charge in [-0.3, -0.25) is 0 Å². The van der Waals surface area contributed by atoms with Crippen LogP contribution in [0.5, 0.6) is 0 Å². The summed E-state index contributed by atoms with van der Waals surface area (Å²) in [6, 6.07) is 20.4. The highest BCUT2D eigenvalue weighted by atomic mass is 79.9. The van der Waals surface area contributed by atoms with Crippen LogP contribution in [0.2, 0.25) is 0 Å². The van der Waals surface area contributed by atoms with Crippen molar-refractivity contribution in [3.8, 4) is 0 Å². The minimum Gasteiger partial charge on any atom is -0.370 e. The van der Waals surface area contributed by atoms with Crippen molar-refractivity contribution >= 4 is 15.9 Å². The highest BCUT2D eigenvalue weighted by molar-refractivity contribution is 9.09. The van der Waals surface area contributed by atoms with Crippen molar-refractivity contribution in [2.75, 3.05) is 0 Å². The van der Waals surface area contributed by atoms with Crippen LogP contribution in [0.3, 0.4) is 0 Å². The quantitative estimate of drug-likeness (QED) is 0.638. The first-order valence-corrected chi connectivity index (χ1v) is 9.67. The second kappa shape index (κ2) is 8.95. The van der Waals surface area contributed by atoms with Gasteiger partial charge < -0.3 is 14.2 Å². The molecule has 1 aliphatic heterocycles. The number of hydrogen-bond acceptors (Lipinski definition) is 3. The van der Waals surface area contributed by atoms with Crippen LogP contribution in [0.4, 0.5) is 0 Å². The van der Waals surface area contributed by atoms with E-state index in [4.69, 9.17) is 14.2 Å². The maximum atomic E-state index is 6.29. The fraction of sp³-hybridized carbons (Fsp3) is 0.429. The van der Waals surface area contributed by atoms with Crippen molar-refractivity contribution in [3.63, 3.8) is 0 Å². The van der Waals surface area contributed by atoms with Gasteiger partial charge in [-0.1, -0.05) is 83.5 Å². The Morgan fingerprint density at radius 1 is 0.800 bits per heavy atom. The van der Waals surface area contributed by atoms with E-state index in [9.17, 15) is 0 Å². The molecule has 0 aliphatic carbocycles. The van der Waals surface area contributed by atoms with Gasteiger partial charge in [-0.25, -0.2) is 0 Å². The molecule has 25 heavy (non-hydrogen) atoms. The van der Waals surface area contributed by atoms with Gasteiger partial charge in [-0.2, -0.15) is 0 Å². The van der Waals surface area contributed by atoms with Crippen molar-refractivity contribution in [1.29, 1.82) is 0 Å². The largest absolute Gasteiger partial charge is 0.370 e. The second-order valence-electron chi connectivity index (χ2n) is 6.57. The molecule has 1 heterocycles. The molecule has 134 valence electrons. The van der Waals surface area contributed by atoms with Crippen LogP contribution in [0.15, 0.2) is 60.7 Å². The predicted octanol–water partition coefficient (Wildman–Crippen LogP) is 4.93. The zero-order chi connectivity index (χ0) is 17.6. The highest BCUT2D eigenvalue weighted by Gasteiger charge is 2.42.